The molecule has 1 aromatic carbocycles. The molecule has 106 valence electrons. The maximum atomic E-state index is 9.72. The van der Waals surface area contributed by atoms with Crippen molar-refractivity contribution in [2.24, 2.45) is 0 Å². The summed E-state index contributed by atoms with van der Waals surface area (Å²) in [6, 6.07) is 5.89. The van der Waals surface area contributed by atoms with E-state index < -0.39 is 6.10 Å². The van der Waals surface area contributed by atoms with Gasteiger partial charge >= 0.3 is 0 Å². The molecule has 0 bridgehead atoms. The molecule has 4 nitrogen and oxygen atoms in total. The van der Waals surface area contributed by atoms with Gasteiger partial charge in [0.25, 0.3) is 0 Å². The summed E-state index contributed by atoms with van der Waals surface area (Å²) in [6.07, 6.45) is 0.463. The van der Waals surface area contributed by atoms with Crippen molar-refractivity contribution in [2.45, 2.75) is 24.3 Å². The zero-order valence-corrected chi connectivity index (χ0v) is 11.9. The fourth-order valence-corrected chi connectivity index (χ4v) is 2.56. The van der Waals surface area contributed by atoms with Crippen LogP contribution in [0.2, 0.25) is 0 Å². The van der Waals surface area contributed by atoms with E-state index in [1.807, 2.05) is 25.1 Å². The molecule has 0 amide bonds. The Morgan fingerprint density at radius 2 is 2.11 bits per heavy atom. The number of rotatable bonds is 6. The molecule has 1 atom stereocenters. The van der Waals surface area contributed by atoms with Crippen LogP contribution in [0.1, 0.15) is 13.3 Å². The molecule has 1 heterocycles. The second kappa shape index (κ2) is 7.62. The van der Waals surface area contributed by atoms with Crippen LogP contribution in [0.15, 0.2) is 23.1 Å². The standard InChI is InChI=1S/C14H20O4S/c1-2-16-9-11(15)10-19-12-4-5-13-14(8-12)18-7-3-6-17-13/h4-5,8,11,15H,2-3,6-7,9-10H2,1H3. The maximum Gasteiger partial charge on any atom is 0.162 e. The van der Waals surface area contributed by atoms with Crippen molar-refractivity contribution in [3.63, 3.8) is 0 Å². The molecule has 0 radical (unpaired) electrons. The Bertz CT molecular complexity index is 397. The zero-order valence-electron chi connectivity index (χ0n) is 11.1. The molecule has 1 unspecified atom stereocenters. The molecule has 19 heavy (non-hydrogen) atoms. The van der Waals surface area contributed by atoms with Crippen molar-refractivity contribution in [3.05, 3.63) is 18.2 Å². The summed E-state index contributed by atoms with van der Waals surface area (Å²) >= 11 is 1.59. The lowest BCUT2D eigenvalue weighted by Gasteiger charge is -2.12. The van der Waals surface area contributed by atoms with Crippen LogP contribution in [0.4, 0.5) is 0 Å². The Labute approximate surface area is 118 Å². The van der Waals surface area contributed by atoms with Gasteiger partial charge in [0.05, 0.1) is 25.9 Å². The van der Waals surface area contributed by atoms with Gasteiger partial charge in [-0.1, -0.05) is 0 Å². The third-order valence-corrected chi connectivity index (χ3v) is 3.81. The van der Waals surface area contributed by atoms with Crippen LogP contribution in [0.25, 0.3) is 0 Å². The second-order valence-corrected chi connectivity index (χ2v) is 5.38. The van der Waals surface area contributed by atoms with Crippen molar-refractivity contribution in [1.82, 2.24) is 0 Å². The highest BCUT2D eigenvalue weighted by atomic mass is 32.2. The predicted molar refractivity (Wildman–Crippen MR) is 75.3 cm³/mol. The summed E-state index contributed by atoms with van der Waals surface area (Å²) in [7, 11) is 0. The summed E-state index contributed by atoms with van der Waals surface area (Å²) in [6.45, 7) is 4.32. The van der Waals surface area contributed by atoms with Crippen molar-refractivity contribution < 1.29 is 19.3 Å². The molecule has 5 heteroatoms. The third kappa shape index (κ3) is 4.60. The van der Waals surface area contributed by atoms with Gasteiger partial charge in [0, 0.05) is 23.7 Å². The molecule has 0 fully saturated rings. The molecule has 0 aromatic heterocycles. The minimum absolute atomic E-state index is 0.383. The maximum absolute atomic E-state index is 9.72. The zero-order chi connectivity index (χ0) is 13.5. The number of aliphatic hydroxyl groups is 1. The van der Waals surface area contributed by atoms with Gasteiger partial charge < -0.3 is 19.3 Å². The van der Waals surface area contributed by atoms with E-state index in [4.69, 9.17) is 14.2 Å². The number of fused-ring (bicyclic) bond motifs is 1. The van der Waals surface area contributed by atoms with Crippen molar-refractivity contribution in [1.29, 1.82) is 0 Å². The summed E-state index contributed by atoms with van der Waals surface area (Å²) in [5.74, 6) is 2.21. The lowest BCUT2D eigenvalue weighted by molar-refractivity contribution is 0.0551. The van der Waals surface area contributed by atoms with E-state index in [0.29, 0.717) is 32.2 Å². The summed E-state index contributed by atoms with van der Waals surface area (Å²) < 4.78 is 16.4. The number of benzene rings is 1. The first kappa shape index (κ1) is 14.5. The number of ether oxygens (including phenoxy) is 3. The van der Waals surface area contributed by atoms with Crippen LogP contribution >= 0.6 is 11.8 Å². The van der Waals surface area contributed by atoms with Gasteiger partial charge in [-0.15, -0.1) is 11.8 Å². The average molecular weight is 284 g/mol. The van der Waals surface area contributed by atoms with Gasteiger partial charge in [-0.2, -0.15) is 0 Å². The van der Waals surface area contributed by atoms with Gasteiger partial charge in [0.1, 0.15) is 0 Å². The molecule has 1 N–H and O–H groups in total. The first-order chi connectivity index (χ1) is 9.29. The predicted octanol–water partition coefficient (Wildman–Crippen LogP) is 2.34. The third-order valence-electron chi connectivity index (χ3n) is 2.68. The molecular formula is C14H20O4S. The van der Waals surface area contributed by atoms with E-state index in [1.165, 1.54) is 0 Å². The highest BCUT2D eigenvalue weighted by Crippen LogP contribution is 2.33. The van der Waals surface area contributed by atoms with E-state index >= 15 is 0 Å². The van der Waals surface area contributed by atoms with Crippen molar-refractivity contribution >= 4 is 11.8 Å². The molecule has 1 aliphatic heterocycles. The highest BCUT2D eigenvalue weighted by molar-refractivity contribution is 7.99. The Morgan fingerprint density at radius 3 is 2.89 bits per heavy atom. The largest absolute Gasteiger partial charge is 0.490 e. The molecule has 1 aliphatic rings. The summed E-state index contributed by atoms with van der Waals surface area (Å²) in [4.78, 5) is 1.07. The Morgan fingerprint density at radius 1 is 1.32 bits per heavy atom. The second-order valence-electron chi connectivity index (χ2n) is 4.28. The van der Waals surface area contributed by atoms with E-state index in [0.717, 1.165) is 22.8 Å². The topological polar surface area (TPSA) is 47.9 Å². The number of thioether (sulfide) groups is 1. The quantitative estimate of drug-likeness (QED) is 0.813. The van der Waals surface area contributed by atoms with Crippen LogP contribution in [-0.2, 0) is 4.74 Å². The normalized spacial score (nSPS) is 15.9. The lowest BCUT2D eigenvalue weighted by atomic mass is 10.3. The van der Waals surface area contributed by atoms with Crippen molar-refractivity contribution in [3.8, 4) is 11.5 Å². The first-order valence-corrected chi connectivity index (χ1v) is 7.56. The summed E-state index contributed by atoms with van der Waals surface area (Å²) in [5, 5.41) is 9.72. The smallest absolute Gasteiger partial charge is 0.162 e. The van der Waals surface area contributed by atoms with E-state index in [-0.39, 0.29) is 0 Å². The van der Waals surface area contributed by atoms with Crippen molar-refractivity contribution in [2.75, 3.05) is 32.2 Å². The van der Waals surface area contributed by atoms with E-state index in [2.05, 4.69) is 0 Å². The lowest BCUT2D eigenvalue weighted by Crippen LogP contribution is -2.17. The van der Waals surface area contributed by atoms with Gasteiger partial charge in [0.15, 0.2) is 11.5 Å². The van der Waals surface area contributed by atoms with E-state index in [9.17, 15) is 5.11 Å². The minimum Gasteiger partial charge on any atom is -0.490 e. The average Bonchev–Trinajstić information content (AvgIpc) is 2.67. The Hall–Kier alpha value is -0.910. The van der Waals surface area contributed by atoms with Crippen LogP contribution < -0.4 is 9.47 Å². The SMILES string of the molecule is CCOCC(O)CSc1ccc2c(c1)OCCCO2. The van der Waals surface area contributed by atoms with Crippen LogP contribution in [-0.4, -0.2) is 43.4 Å². The Kier molecular flexibility index (Phi) is 5.82. The highest BCUT2D eigenvalue weighted by Gasteiger charge is 2.12. The van der Waals surface area contributed by atoms with Crippen LogP contribution in [0.3, 0.4) is 0 Å². The van der Waals surface area contributed by atoms with Gasteiger partial charge in [-0.3, -0.25) is 0 Å². The monoisotopic (exact) mass is 284 g/mol. The summed E-state index contributed by atoms with van der Waals surface area (Å²) in [5.41, 5.74) is 0. The number of hydrogen-bond acceptors (Lipinski definition) is 5. The van der Waals surface area contributed by atoms with Crippen LogP contribution in [0.5, 0.6) is 11.5 Å². The van der Waals surface area contributed by atoms with Gasteiger partial charge in [-0.25, -0.2) is 0 Å². The molecule has 0 saturated carbocycles. The fourth-order valence-electron chi connectivity index (χ4n) is 1.73. The molecule has 0 spiro atoms. The molecule has 1 aromatic rings. The van der Waals surface area contributed by atoms with E-state index in [1.54, 1.807) is 11.8 Å². The number of aliphatic hydroxyl groups excluding tert-OH is 1. The van der Waals surface area contributed by atoms with Gasteiger partial charge in [-0.05, 0) is 25.1 Å². The first-order valence-electron chi connectivity index (χ1n) is 6.58. The number of hydrogen-bond donors (Lipinski definition) is 1. The van der Waals surface area contributed by atoms with Gasteiger partial charge in [0.2, 0.25) is 0 Å². The molecule has 2 rings (SSSR count). The molecule has 0 saturated heterocycles. The Balaban J connectivity index is 1.89. The fraction of sp³-hybridized carbons (Fsp3) is 0.571. The minimum atomic E-state index is -0.444. The van der Waals surface area contributed by atoms with Crippen LogP contribution in [0, 0.1) is 0 Å². The molecule has 0 aliphatic carbocycles. The molecular weight excluding hydrogens is 264 g/mol.